The van der Waals surface area contributed by atoms with E-state index in [2.05, 4.69) is 34.3 Å². The summed E-state index contributed by atoms with van der Waals surface area (Å²) < 4.78 is 2.05. The number of rotatable bonds is 5. The molecule has 2 rings (SSSR count). The highest BCUT2D eigenvalue weighted by Gasteiger charge is 2.11. The van der Waals surface area contributed by atoms with Crippen molar-refractivity contribution in [2.24, 2.45) is 5.73 Å². The Morgan fingerprint density at radius 2 is 2.24 bits per heavy atom. The highest BCUT2D eigenvalue weighted by molar-refractivity contribution is 5.39. The third-order valence-electron chi connectivity index (χ3n) is 2.93. The van der Waals surface area contributed by atoms with Gasteiger partial charge in [-0.3, -0.25) is 4.90 Å². The van der Waals surface area contributed by atoms with Crippen LogP contribution in [0.4, 0.5) is 0 Å². The minimum absolute atomic E-state index is 0.489. The first-order chi connectivity index (χ1) is 8.20. The predicted molar refractivity (Wildman–Crippen MR) is 69.8 cm³/mol. The Balaban J connectivity index is 2.16. The van der Waals surface area contributed by atoms with Crippen molar-refractivity contribution in [1.29, 1.82) is 0 Å². The van der Waals surface area contributed by atoms with Crippen LogP contribution < -0.4 is 5.73 Å². The second-order valence-electron chi connectivity index (χ2n) is 4.55. The third kappa shape index (κ3) is 2.84. The van der Waals surface area contributed by atoms with Gasteiger partial charge in [0, 0.05) is 38.1 Å². The van der Waals surface area contributed by atoms with Crippen LogP contribution in [-0.2, 0) is 6.54 Å². The monoisotopic (exact) mass is 232 g/mol. The summed E-state index contributed by atoms with van der Waals surface area (Å²) in [6, 6.07) is 6.53. The fourth-order valence-corrected chi connectivity index (χ4v) is 1.96. The first-order valence-electron chi connectivity index (χ1n) is 6.07. The summed E-state index contributed by atoms with van der Waals surface area (Å²) in [5, 5.41) is 0. The molecule has 0 fully saturated rings. The van der Waals surface area contributed by atoms with E-state index in [0.717, 1.165) is 24.4 Å². The average molecular weight is 232 g/mol. The second kappa shape index (κ2) is 5.29. The van der Waals surface area contributed by atoms with Crippen LogP contribution in [0.15, 0.2) is 30.6 Å². The molecule has 0 saturated heterocycles. The molecule has 17 heavy (non-hydrogen) atoms. The Morgan fingerprint density at radius 1 is 1.41 bits per heavy atom. The Labute approximate surface area is 102 Å². The third-order valence-corrected chi connectivity index (χ3v) is 2.93. The van der Waals surface area contributed by atoms with E-state index in [4.69, 9.17) is 5.73 Å². The molecule has 0 radical (unpaired) electrons. The van der Waals surface area contributed by atoms with Gasteiger partial charge in [0.15, 0.2) is 0 Å². The predicted octanol–water partition coefficient (Wildman–Crippen LogP) is 1.50. The van der Waals surface area contributed by atoms with Crippen LogP contribution >= 0.6 is 0 Å². The van der Waals surface area contributed by atoms with E-state index in [-0.39, 0.29) is 0 Å². The number of pyridine rings is 1. The van der Waals surface area contributed by atoms with Crippen molar-refractivity contribution >= 4 is 5.65 Å². The summed E-state index contributed by atoms with van der Waals surface area (Å²) in [4.78, 5) is 6.93. The lowest BCUT2D eigenvalue weighted by molar-refractivity contribution is 0.217. The van der Waals surface area contributed by atoms with Gasteiger partial charge in [0.1, 0.15) is 5.65 Å². The first kappa shape index (κ1) is 12.1. The van der Waals surface area contributed by atoms with Gasteiger partial charge < -0.3 is 10.1 Å². The van der Waals surface area contributed by atoms with Crippen molar-refractivity contribution < 1.29 is 0 Å². The van der Waals surface area contributed by atoms with Crippen molar-refractivity contribution in [1.82, 2.24) is 14.3 Å². The van der Waals surface area contributed by atoms with Gasteiger partial charge in [-0.1, -0.05) is 6.07 Å². The van der Waals surface area contributed by atoms with Gasteiger partial charge in [0.25, 0.3) is 0 Å². The molecular weight excluding hydrogens is 212 g/mol. The van der Waals surface area contributed by atoms with Crippen LogP contribution in [0.1, 0.15) is 19.5 Å². The van der Waals surface area contributed by atoms with E-state index < -0.39 is 0 Å². The van der Waals surface area contributed by atoms with Crippen molar-refractivity contribution in [2.45, 2.75) is 26.4 Å². The van der Waals surface area contributed by atoms with Crippen LogP contribution in [0.2, 0.25) is 0 Å². The molecule has 0 aliphatic carbocycles. The van der Waals surface area contributed by atoms with Crippen molar-refractivity contribution in [3.05, 3.63) is 36.3 Å². The number of hydrogen-bond acceptors (Lipinski definition) is 3. The lowest BCUT2D eigenvalue weighted by Gasteiger charge is -2.24. The molecule has 0 aliphatic rings. The van der Waals surface area contributed by atoms with Crippen molar-refractivity contribution in [3.63, 3.8) is 0 Å². The summed E-state index contributed by atoms with van der Waals surface area (Å²) >= 11 is 0. The molecule has 0 bridgehead atoms. The Kier molecular flexibility index (Phi) is 3.76. The fourth-order valence-electron chi connectivity index (χ4n) is 1.96. The molecule has 0 aromatic carbocycles. The van der Waals surface area contributed by atoms with E-state index in [9.17, 15) is 0 Å². The summed E-state index contributed by atoms with van der Waals surface area (Å²) in [5.41, 5.74) is 7.72. The smallest absolute Gasteiger partial charge is 0.137 e. The van der Waals surface area contributed by atoms with Gasteiger partial charge in [-0.05, 0) is 26.0 Å². The Morgan fingerprint density at radius 3 is 2.88 bits per heavy atom. The lowest BCUT2D eigenvalue weighted by Crippen LogP contribution is -2.34. The van der Waals surface area contributed by atoms with Crippen molar-refractivity contribution in [3.8, 4) is 0 Å². The van der Waals surface area contributed by atoms with Gasteiger partial charge in [-0.2, -0.15) is 0 Å². The molecule has 0 atom stereocenters. The molecule has 4 nitrogen and oxygen atoms in total. The topological polar surface area (TPSA) is 46.6 Å². The van der Waals surface area contributed by atoms with E-state index in [0.29, 0.717) is 12.6 Å². The zero-order valence-corrected chi connectivity index (χ0v) is 10.5. The van der Waals surface area contributed by atoms with Gasteiger partial charge >= 0.3 is 0 Å². The number of nitrogens with two attached hydrogens (primary N) is 1. The number of nitrogens with zero attached hydrogens (tertiary/aromatic N) is 3. The van der Waals surface area contributed by atoms with E-state index in [1.54, 1.807) is 0 Å². The summed E-state index contributed by atoms with van der Waals surface area (Å²) in [7, 11) is 0. The molecule has 0 unspecified atom stereocenters. The molecule has 0 saturated carbocycles. The van der Waals surface area contributed by atoms with Gasteiger partial charge in [-0.15, -0.1) is 0 Å². The average Bonchev–Trinajstić information content (AvgIpc) is 2.70. The van der Waals surface area contributed by atoms with Crippen molar-refractivity contribution in [2.75, 3.05) is 13.1 Å². The molecule has 92 valence electrons. The highest BCUT2D eigenvalue weighted by atomic mass is 15.2. The SMILES string of the molecule is CC(C)N(CCN)Cc1cn2ccccc2n1. The summed E-state index contributed by atoms with van der Waals surface area (Å²) in [5.74, 6) is 0. The molecule has 2 N–H and O–H groups in total. The Bertz CT molecular complexity index is 442. The second-order valence-corrected chi connectivity index (χ2v) is 4.55. The van der Waals surface area contributed by atoms with Gasteiger partial charge in [0.05, 0.1) is 5.69 Å². The lowest BCUT2D eigenvalue weighted by atomic mass is 10.3. The first-order valence-corrected chi connectivity index (χ1v) is 6.07. The molecule has 0 spiro atoms. The van der Waals surface area contributed by atoms with Gasteiger partial charge in [-0.25, -0.2) is 4.98 Å². The number of imidazole rings is 1. The maximum absolute atomic E-state index is 5.63. The highest BCUT2D eigenvalue weighted by Crippen LogP contribution is 2.09. The van der Waals surface area contributed by atoms with E-state index in [1.807, 2.05) is 24.4 Å². The summed E-state index contributed by atoms with van der Waals surface area (Å²) in [6.45, 7) is 6.82. The normalized spacial score (nSPS) is 11.8. The minimum atomic E-state index is 0.489. The van der Waals surface area contributed by atoms with Gasteiger partial charge in [0.2, 0.25) is 0 Å². The molecule has 0 amide bonds. The quantitative estimate of drug-likeness (QED) is 0.850. The minimum Gasteiger partial charge on any atom is -0.329 e. The number of fused-ring (bicyclic) bond motifs is 1. The number of hydrogen-bond donors (Lipinski definition) is 1. The zero-order valence-electron chi connectivity index (χ0n) is 10.5. The zero-order chi connectivity index (χ0) is 12.3. The molecule has 0 aliphatic heterocycles. The maximum Gasteiger partial charge on any atom is 0.137 e. The van der Waals surface area contributed by atoms with Crippen LogP contribution in [0, 0.1) is 0 Å². The van der Waals surface area contributed by atoms with Crippen LogP contribution in [0.3, 0.4) is 0 Å². The molecule has 2 aromatic rings. The Hall–Kier alpha value is -1.39. The maximum atomic E-state index is 5.63. The number of aromatic nitrogens is 2. The fraction of sp³-hybridized carbons (Fsp3) is 0.462. The van der Waals surface area contributed by atoms with E-state index in [1.165, 1.54) is 0 Å². The van der Waals surface area contributed by atoms with E-state index >= 15 is 0 Å². The molecule has 4 heteroatoms. The standard InChI is InChI=1S/C13H20N4/c1-11(2)16(8-6-14)9-12-10-17-7-4-3-5-13(17)15-12/h3-5,7,10-11H,6,8-9,14H2,1-2H3. The van der Waals surface area contributed by atoms with Crippen LogP contribution in [0.5, 0.6) is 0 Å². The largest absolute Gasteiger partial charge is 0.329 e. The molecule has 2 heterocycles. The molecule has 2 aromatic heterocycles. The van der Waals surface area contributed by atoms with Crippen LogP contribution in [0.25, 0.3) is 5.65 Å². The van der Waals surface area contributed by atoms with Crippen LogP contribution in [-0.4, -0.2) is 33.4 Å². The molecular formula is C13H20N4. The summed E-state index contributed by atoms with van der Waals surface area (Å²) in [6.07, 6.45) is 4.11.